The van der Waals surface area contributed by atoms with Crippen molar-refractivity contribution >= 4 is 11.6 Å². The van der Waals surface area contributed by atoms with Crippen LogP contribution in [0.3, 0.4) is 0 Å². The average Bonchev–Trinajstić information content (AvgIpc) is 2.46. The molecule has 0 aliphatic carbocycles. The van der Waals surface area contributed by atoms with Gasteiger partial charge in [0.1, 0.15) is 6.10 Å². The molecule has 2 fully saturated rings. The maximum absolute atomic E-state index is 9.57. The fourth-order valence-electron chi connectivity index (χ4n) is 1.87. The Morgan fingerprint density at radius 1 is 1.54 bits per heavy atom. The van der Waals surface area contributed by atoms with E-state index in [0.29, 0.717) is 6.61 Å². The molecule has 2 saturated heterocycles. The predicted octanol–water partition coefficient (Wildman–Crippen LogP) is 0.464. The molecule has 0 saturated carbocycles. The summed E-state index contributed by atoms with van der Waals surface area (Å²) in [5.41, 5.74) is -0.884. The van der Waals surface area contributed by atoms with Gasteiger partial charge in [-0.2, -0.15) is 0 Å². The van der Waals surface area contributed by atoms with Crippen molar-refractivity contribution in [1.82, 2.24) is 0 Å². The minimum Gasteiger partial charge on any atom is -0.365 e. The lowest BCUT2D eigenvalue weighted by atomic mass is 10.0. The van der Waals surface area contributed by atoms with Crippen LogP contribution in [0.2, 0.25) is 0 Å². The number of hydrogen-bond donors (Lipinski definition) is 1. The number of aliphatic hydroxyl groups is 1. The monoisotopic (exact) mass is 208 g/mol. The van der Waals surface area contributed by atoms with E-state index in [1.807, 2.05) is 0 Å². The van der Waals surface area contributed by atoms with Crippen molar-refractivity contribution in [3.8, 4) is 0 Å². The van der Waals surface area contributed by atoms with Crippen LogP contribution in [0.5, 0.6) is 0 Å². The van der Waals surface area contributed by atoms with Crippen molar-refractivity contribution in [2.24, 2.45) is 0 Å². The second-order valence-electron chi connectivity index (χ2n) is 3.88. The minimum absolute atomic E-state index is 0.169. The van der Waals surface area contributed by atoms with Crippen molar-refractivity contribution < 1.29 is 19.3 Å². The van der Waals surface area contributed by atoms with Gasteiger partial charge >= 0.3 is 0 Å². The summed E-state index contributed by atoms with van der Waals surface area (Å²) in [5.74, 6) is -0.521. The van der Waals surface area contributed by atoms with Gasteiger partial charge in [0.2, 0.25) is 0 Å². The van der Waals surface area contributed by atoms with Crippen LogP contribution in [0.15, 0.2) is 0 Å². The summed E-state index contributed by atoms with van der Waals surface area (Å²) < 4.78 is 16.2. The van der Waals surface area contributed by atoms with Crippen molar-refractivity contribution in [2.45, 2.75) is 37.6 Å². The highest BCUT2D eigenvalue weighted by Gasteiger charge is 2.61. The zero-order chi connectivity index (χ0) is 9.69. The van der Waals surface area contributed by atoms with Gasteiger partial charge in [0, 0.05) is 0 Å². The Morgan fingerprint density at radius 2 is 2.23 bits per heavy atom. The van der Waals surface area contributed by atoms with Crippen LogP contribution in [0, 0.1) is 0 Å². The molecule has 4 nitrogen and oxygen atoms in total. The molecule has 5 heteroatoms. The van der Waals surface area contributed by atoms with Gasteiger partial charge in [0.25, 0.3) is 0 Å². The minimum atomic E-state index is -0.989. The summed E-state index contributed by atoms with van der Waals surface area (Å²) in [6, 6.07) is 0. The van der Waals surface area contributed by atoms with Gasteiger partial charge in [0.05, 0.1) is 12.5 Å². The van der Waals surface area contributed by atoms with Crippen molar-refractivity contribution in [3.05, 3.63) is 0 Å². The van der Waals surface area contributed by atoms with Crippen molar-refractivity contribution in [2.75, 3.05) is 12.5 Å². The molecule has 0 aromatic carbocycles. The first-order valence-corrected chi connectivity index (χ1v) is 4.77. The number of fused-ring (bicyclic) bond motifs is 1. The zero-order valence-electron chi connectivity index (χ0n) is 7.62. The maximum Gasteiger partial charge on any atom is 0.188 e. The smallest absolute Gasteiger partial charge is 0.188 e. The Morgan fingerprint density at radius 3 is 2.77 bits per heavy atom. The molecule has 13 heavy (non-hydrogen) atoms. The molecule has 0 amide bonds. The van der Waals surface area contributed by atoms with E-state index in [1.54, 1.807) is 13.8 Å². The van der Waals surface area contributed by atoms with Gasteiger partial charge in [-0.25, -0.2) is 0 Å². The topological polar surface area (TPSA) is 47.9 Å². The van der Waals surface area contributed by atoms with Crippen LogP contribution < -0.4 is 0 Å². The lowest BCUT2D eigenvalue weighted by molar-refractivity contribution is -0.230. The molecule has 2 aliphatic heterocycles. The van der Waals surface area contributed by atoms with E-state index in [1.165, 1.54) is 0 Å². The SMILES string of the molecule is CC1(C)OC2COC(O)C2(CCl)O1. The lowest BCUT2D eigenvalue weighted by Gasteiger charge is -2.27. The maximum atomic E-state index is 9.57. The third-order valence-electron chi connectivity index (χ3n) is 2.44. The summed E-state index contributed by atoms with van der Waals surface area (Å²) in [6.07, 6.45) is -1.26. The molecule has 0 spiro atoms. The van der Waals surface area contributed by atoms with Gasteiger partial charge in [-0.15, -0.1) is 11.6 Å². The van der Waals surface area contributed by atoms with Crippen LogP contribution in [-0.2, 0) is 14.2 Å². The van der Waals surface area contributed by atoms with Gasteiger partial charge in [-0.05, 0) is 13.8 Å². The molecule has 0 radical (unpaired) electrons. The normalized spacial score (nSPS) is 48.0. The van der Waals surface area contributed by atoms with Gasteiger partial charge in [0.15, 0.2) is 17.7 Å². The number of rotatable bonds is 1. The lowest BCUT2D eigenvalue weighted by Crippen LogP contribution is -2.47. The van der Waals surface area contributed by atoms with Crippen molar-refractivity contribution in [1.29, 1.82) is 0 Å². The number of halogens is 1. The summed E-state index contributed by atoms with van der Waals surface area (Å²) in [4.78, 5) is 0. The Bertz CT molecular complexity index is 220. The summed E-state index contributed by atoms with van der Waals surface area (Å²) in [5, 5.41) is 9.57. The molecule has 0 aromatic heterocycles. The fourth-order valence-corrected chi connectivity index (χ4v) is 2.23. The predicted molar refractivity (Wildman–Crippen MR) is 45.4 cm³/mol. The molecular formula is C8H13ClO4. The zero-order valence-corrected chi connectivity index (χ0v) is 8.37. The van der Waals surface area contributed by atoms with Crippen LogP contribution in [0.4, 0.5) is 0 Å². The molecule has 3 unspecified atom stereocenters. The third kappa shape index (κ3) is 1.28. The first-order chi connectivity index (χ1) is 6.00. The van der Waals surface area contributed by atoms with E-state index in [0.717, 1.165) is 0 Å². The van der Waals surface area contributed by atoms with E-state index in [2.05, 4.69) is 0 Å². The molecule has 2 aliphatic rings. The summed E-state index contributed by atoms with van der Waals surface area (Å²) in [7, 11) is 0. The molecule has 3 atom stereocenters. The van der Waals surface area contributed by atoms with Gasteiger partial charge < -0.3 is 19.3 Å². The van der Waals surface area contributed by atoms with E-state index in [-0.39, 0.29) is 12.0 Å². The van der Waals surface area contributed by atoms with E-state index < -0.39 is 17.7 Å². The largest absolute Gasteiger partial charge is 0.365 e. The quantitative estimate of drug-likeness (QED) is 0.637. The second kappa shape index (κ2) is 2.81. The van der Waals surface area contributed by atoms with Crippen LogP contribution in [0.25, 0.3) is 0 Å². The first-order valence-electron chi connectivity index (χ1n) is 4.24. The Hall–Kier alpha value is 0.130. The van der Waals surface area contributed by atoms with Crippen LogP contribution >= 0.6 is 11.6 Å². The summed E-state index contributed by atoms with van der Waals surface area (Å²) in [6.45, 7) is 3.93. The molecule has 0 bridgehead atoms. The Labute approximate surface area is 81.7 Å². The fraction of sp³-hybridized carbons (Fsp3) is 1.00. The average molecular weight is 209 g/mol. The molecule has 2 rings (SSSR count). The van der Waals surface area contributed by atoms with Gasteiger partial charge in [-0.1, -0.05) is 0 Å². The first kappa shape index (κ1) is 9.68. The highest BCUT2D eigenvalue weighted by atomic mass is 35.5. The number of alkyl halides is 1. The summed E-state index contributed by atoms with van der Waals surface area (Å²) >= 11 is 5.78. The highest BCUT2D eigenvalue weighted by molar-refractivity contribution is 6.18. The molecule has 2 heterocycles. The van der Waals surface area contributed by atoms with Crippen LogP contribution in [-0.4, -0.2) is 41.4 Å². The molecule has 1 N–H and O–H groups in total. The number of aliphatic hydroxyl groups excluding tert-OH is 1. The molecule has 0 aromatic rings. The van der Waals surface area contributed by atoms with E-state index in [4.69, 9.17) is 25.8 Å². The Balaban J connectivity index is 2.26. The van der Waals surface area contributed by atoms with E-state index in [9.17, 15) is 5.11 Å². The Kier molecular flexibility index (Phi) is 2.09. The van der Waals surface area contributed by atoms with E-state index >= 15 is 0 Å². The number of hydrogen-bond acceptors (Lipinski definition) is 4. The van der Waals surface area contributed by atoms with Gasteiger partial charge in [-0.3, -0.25) is 0 Å². The molecule has 76 valence electrons. The standard InChI is InChI=1S/C8H13ClO4/c1-7(2)12-5-3-11-6(10)8(5,4-9)13-7/h5-6,10H,3-4H2,1-2H3. The van der Waals surface area contributed by atoms with Crippen molar-refractivity contribution in [3.63, 3.8) is 0 Å². The number of ether oxygens (including phenoxy) is 3. The van der Waals surface area contributed by atoms with Crippen LogP contribution in [0.1, 0.15) is 13.8 Å². The second-order valence-corrected chi connectivity index (χ2v) is 4.15. The highest BCUT2D eigenvalue weighted by Crippen LogP contribution is 2.43. The third-order valence-corrected chi connectivity index (χ3v) is 2.86. The molecular weight excluding hydrogens is 196 g/mol.